The van der Waals surface area contributed by atoms with E-state index >= 15 is 0 Å². The number of para-hydroxylation sites is 2. The van der Waals surface area contributed by atoms with Crippen LogP contribution in [0.15, 0.2) is 53.3 Å². The number of ketones is 1. The second-order valence-electron chi connectivity index (χ2n) is 5.19. The van der Waals surface area contributed by atoms with E-state index in [-0.39, 0.29) is 11.4 Å². The van der Waals surface area contributed by atoms with Gasteiger partial charge >= 0.3 is 6.18 Å². The summed E-state index contributed by atoms with van der Waals surface area (Å²) in [5, 5.41) is 0. The van der Waals surface area contributed by atoms with Gasteiger partial charge in [-0.15, -0.1) is 0 Å². The Morgan fingerprint density at radius 3 is 2.25 bits per heavy atom. The van der Waals surface area contributed by atoms with Gasteiger partial charge in [-0.3, -0.25) is 14.2 Å². The van der Waals surface area contributed by atoms with Gasteiger partial charge in [-0.05, 0) is 36.4 Å². The highest BCUT2D eigenvalue weighted by molar-refractivity contribution is 5.94. The summed E-state index contributed by atoms with van der Waals surface area (Å²) in [4.78, 5) is 28.3. The molecule has 0 fully saturated rings. The van der Waals surface area contributed by atoms with E-state index in [0.29, 0.717) is 11.0 Å². The molecule has 1 aromatic heterocycles. The van der Waals surface area contributed by atoms with Gasteiger partial charge in [0.25, 0.3) is 5.56 Å². The predicted octanol–water partition coefficient (Wildman–Crippen LogP) is 3.61. The summed E-state index contributed by atoms with van der Waals surface area (Å²) in [6.07, 6.45) is -4.46. The van der Waals surface area contributed by atoms with Gasteiger partial charge < -0.3 is 0 Å². The maximum Gasteiger partial charge on any atom is 0.416 e. The van der Waals surface area contributed by atoms with Gasteiger partial charge in [-0.2, -0.15) is 13.2 Å². The van der Waals surface area contributed by atoms with E-state index < -0.39 is 23.1 Å². The Balaban J connectivity index is 2.31. The first-order valence-corrected chi connectivity index (χ1v) is 6.99. The van der Waals surface area contributed by atoms with Crippen LogP contribution in [0.25, 0.3) is 16.7 Å². The molecule has 1 heterocycles. The standard InChI is InChI=1S/C17H11F3N2O2/c1-10(23)15-16(24)22(14-5-3-2-4-13(14)21-15)12-8-6-11(7-9-12)17(18,19)20/h2-9H,1H3. The van der Waals surface area contributed by atoms with Crippen LogP contribution in [0.3, 0.4) is 0 Å². The molecule has 0 atom stereocenters. The molecule has 3 rings (SSSR count). The Kier molecular flexibility index (Phi) is 3.71. The zero-order valence-corrected chi connectivity index (χ0v) is 12.5. The number of alkyl halides is 3. The van der Waals surface area contributed by atoms with E-state index in [9.17, 15) is 22.8 Å². The van der Waals surface area contributed by atoms with Crippen LogP contribution < -0.4 is 5.56 Å². The molecule has 4 nitrogen and oxygen atoms in total. The minimum Gasteiger partial charge on any atom is -0.293 e. The third-order valence-electron chi connectivity index (χ3n) is 3.55. The van der Waals surface area contributed by atoms with Crippen molar-refractivity contribution >= 4 is 16.8 Å². The molecule has 0 saturated heterocycles. The maximum absolute atomic E-state index is 12.7. The lowest BCUT2D eigenvalue weighted by atomic mass is 10.2. The van der Waals surface area contributed by atoms with Gasteiger partial charge in [-0.25, -0.2) is 4.98 Å². The van der Waals surface area contributed by atoms with Crippen molar-refractivity contribution < 1.29 is 18.0 Å². The van der Waals surface area contributed by atoms with Crippen molar-refractivity contribution in [3.05, 3.63) is 70.1 Å². The molecule has 3 aromatic rings. The Morgan fingerprint density at radius 2 is 1.67 bits per heavy atom. The quantitative estimate of drug-likeness (QED) is 0.674. The van der Waals surface area contributed by atoms with Gasteiger partial charge in [0.15, 0.2) is 11.5 Å². The van der Waals surface area contributed by atoms with Crippen LogP contribution in [0.1, 0.15) is 23.0 Å². The van der Waals surface area contributed by atoms with E-state index in [1.54, 1.807) is 24.3 Å². The monoisotopic (exact) mass is 332 g/mol. The minimum atomic E-state index is -4.46. The van der Waals surface area contributed by atoms with Gasteiger partial charge in [0.1, 0.15) is 0 Å². The van der Waals surface area contributed by atoms with Crippen molar-refractivity contribution in [1.82, 2.24) is 9.55 Å². The molecule has 122 valence electrons. The van der Waals surface area contributed by atoms with E-state index in [1.165, 1.54) is 23.6 Å². The lowest BCUT2D eigenvalue weighted by Gasteiger charge is -2.13. The fraction of sp³-hybridized carbons (Fsp3) is 0.118. The van der Waals surface area contributed by atoms with E-state index in [2.05, 4.69) is 4.98 Å². The van der Waals surface area contributed by atoms with Crippen molar-refractivity contribution in [2.24, 2.45) is 0 Å². The van der Waals surface area contributed by atoms with Crippen molar-refractivity contribution in [3.8, 4) is 5.69 Å². The van der Waals surface area contributed by atoms with E-state index in [0.717, 1.165) is 12.1 Å². The number of hydrogen-bond donors (Lipinski definition) is 0. The average molecular weight is 332 g/mol. The number of carbonyl (C=O) groups is 1. The first kappa shape index (κ1) is 15.9. The number of nitrogens with zero attached hydrogens (tertiary/aromatic N) is 2. The maximum atomic E-state index is 12.7. The lowest BCUT2D eigenvalue weighted by Crippen LogP contribution is -2.26. The molecule has 0 aliphatic carbocycles. The molecule has 0 bridgehead atoms. The minimum absolute atomic E-state index is 0.231. The molecule has 0 aliphatic heterocycles. The fourth-order valence-electron chi connectivity index (χ4n) is 2.42. The molecule has 0 spiro atoms. The van der Waals surface area contributed by atoms with Crippen LogP contribution in [0, 0.1) is 0 Å². The molecular weight excluding hydrogens is 321 g/mol. The largest absolute Gasteiger partial charge is 0.416 e. The SMILES string of the molecule is CC(=O)c1nc2ccccc2n(-c2ccc(C(F)(F)F)cc2)c1=O. The van der Waals surface area contributed by atoms with E-state index in [1.807, 2.05) is 0 Å². The molecular formula is C17H11F3N2O2. The van der Waals surface area contributed by atoms with Gasteiger partial charge in [0, 0.05) is 12.6 Å². The lowest BCUT2D eigenvalue weighted by molar-refractivity contribution is -0.137. The summed E-state index contributed by atoms with van der Waals surface area (Å²) < 4.78 is 39.3. The zero-order chi connectivity index (χ0) is 17.5. The molecule has 24 heavy (non-hydrogen) atoms. The topological polar surface area (TPSA) is 52.0 Å². The van der Waals surface area contributed by atoms with Gasteiger partial charge in [0.05, 0.1) is 16.6 Å². The number of benzene rings is 2. The number of halogens is 3. The summed E-state index contributed by atoms with van der Waals surface area (Å²) in [5.74, 6) is -0.508. The van der Waals surface area contributed by atoms with Crippen LogP contribution in [0.5, 0.6) is 0 Å². The van der Waals surface area contributed by atoms with Crippen molar-refractivity contribution in [2.45, 2.75) is 13.1 Å². The number of aromatic nitrogens is 2. The number of fused-ring (bicyclic) bond motifs is 1. The predicted molar refractivity (Wildman–Crippen MR) is 82.3 cm³/mol. The third-order valence-corrected chi connectivity index (χ3v) is 3.55. The zero-order valence-electron chi connectivity index (χ0n) is 12.5. The Labute approximate surface area is 134 Å². The first-order valence-electron chi connectivity index (χ1n) is 6.99. The fourth-order valence-corrected chi connectivity index (χ4v) is 2.42. The molecule has 0 N–H and O–H groups in total. The summed E-state index contributed by atoms with van der Waals surface area (Å²) in [5.41, 5.74) is -0.692. The highest BCUT2D eigenvalue weighted by Gasteiger charge is 2.30. The van der Waals surface area contributed by atoms with Crippen LogP contribution >= 0.6 is 0 Å². The molecule has 2 aromatic carbocycles. The van der Waals surface area contributed by atoms with Crippen molar-refractivity contribution in [2.75, 3.05) is 0 Å². The summed E-state index contributed by atoms with van der Waals surface area (Å²) in [6.45, 7) is 1.22. The Hall–Kier alpha value is -2.96. The summed E-state index contributed by atoms with van der Waals surface area (Å²) in [7, 11) is 0. The van der Waals surface area contributed by atoms with Crippen LogP contribution in [-0.4, -0.2) is 15.3 Å². The van der Waals surface area contributed by atoms with Gasteiger partial charge in [0.2, 0.25) is 0 Å². The molecule has 0 radical (unpaired) electrons. The second kappa shape index (κ2) is 5.59. The molecule has 0 unspecified atom stereocenters. The Bertz CT molecular complexity index is 989. The molecule has 0 amide bonds. The third kappa shape index (κ3) is 2.68. The average Bonchev–Trinajstić information content (AvgIpc) is 2.53. The van der Waals surface area contributed by atoms with Gasteiger partial charge in [-0.1, -0.05) is 12.1 Å². The van der Waals surface area contributed by atoms with Crippen LogP contribution in [0.2, 0.25) is 0 Å². The van der Waals surface area contributed by atoms with Crippen LogP contribution in [0.4, 0.5) is 13.2 Å². The van der Waals surface area contributed by atoms with Crippen molar-refractivity contribution in [3.63, 3.8) is 0 Å². The smallest absolute Gasteiger partial charge is 0.293 e. The number of Topliss-reactive ketones (excluding diaryl/α,β-unsaturated/α-hetero) is 1. The summed E-state index contributed by atoms with van der Waals surface area (Å²) in [6, 6.07) is 10.8. The number of carbonyl (C=O) groups excluding carboxylic acids is 1. The molecule has 0 saturated carbocycles. The van der Waals surface area contributed by atoms with E-state index in [4.69, 9.17) is 0 Å². The Morgan fingerprint density at radius 1 is 1.04 bits per heavy atom. The number of rotatable bonds is 2. The highest BCUT2D eigenvalue weighted by atomic mass is 19.4. The molecule has 0 aliphatic rings. The normalized spacial score (nSPS) is 11.7. The molecule has 7 heteroatoms. The number of hydrogen-bond acceptors (Lipinski definition) is 3. The first-order chi connectivity index (χ1) is 11.3. The van der Waals surface area contributed by atoms with Crippen LogP contribution in [-0.2, 0) is 6.18 Å². The highest BCUT2D eigenvalue weighted by Crippen LogP contribution is 2.29. The summed E-state index contributed by atoms with van der Waals surface area (Å²) >= 11 is 0. The van der Waals surface area contributed by atoms with Crippen molar-refractivity contribution in [1.29, 1.82) is 0 Å². The second-order valence-corrected chi connectivity index (χ2v) is 5.19.